The maximum absolute atomic E-state index is 8.08. The number of alkyl halides is 1. The van der Waals surface area contributed by atoms with Gasteiger partial charge in [0.05, 0.1) is 0 Å². The van der Waals surface area contributed by atoms with E-state index in [9.17, 15) is 0 Å². The van der Waals surface area contributed by atoms with E-state index in [1.807, 2.05) is 36.4 Å². The van der Waals surface area contributed by atoms with E-state index >= 15 is 0 Å². The van der Waals surface area contributed by atoms with E-state index in [0.29, 0.717) is 12.4 Å². The van der Waals surface area contributed by atoms with Crippen LogP contribution in [-0.4, -0.2) is 6.54 Å². The Morgan fingerprint density at radius 2 is 2.20 bits per heavy atom. The van der Waals surface area contributed by atoms with Gasteiger partial charge in [0, 0.05) is 17.3 Å². The zero-order valence-corrected chi connectivity index (χ0v) is 9.06. The lowest BCUT2D eigenvalue weighted by Crippen LogP contribution is -1.83. The molecule has 0 saturated carbocycles. The second kappa shape index (κ2) is 6.93. The predicted molar refractivity (Wildman–Crippen MR) is 63.7 cm³/mol. The van der Waals surface area contributed by atoms with E-state index in [2.05, 4.69) is 10.0 Å². The van der Waals surface area contributed by atoms with Crippen molar-refractivity contribution in [3.05, 3.63) is 51.9 Å². The van der Waals surface area contributed by atoms with Gasteiger partial charge in [-0.1, -0.05) is 41.5 Å². The summed E-state index contributed by atoms with van der Waals surface area (Å²) in [5, 5.41) is 3.45. The molecular weight excluding hydrogens is 210 g/mol. The van der Waals surface area contributed by atoms with Crippen LogP contribution in [0.4, 0.5) is 0 Å². The Kier molecular flexibility index (Phi) is 5.38. The monoisotopic (exact) mass is 221 g/mol. The molecule has 0 radical (unpaired) electrons. The summed E-state index contributed by atoms with van der Waals surface area (Å²) >= 11 is 5.79. The molecule has 0 unspecified atom stereocenters. The Morgan fingerprint density at radius 3 is 2.93 bits per heavy atom. The van der Waals surface area contributed by atoms with Gasteiger partial charge in [0.1, 0.15) is 0 Å². The minimum atomic E-state index is 0.496. The summed E-state index contributed by atoms with van der Waals surface area (Å²) in [5.74, 6) is 0.511. The second-order valence-electron chi connectivity index (χ2n) is 2.98. The summed E-state index contributed by atoms with van der Waals surface area (Å²) in [5.41, 5.74) is 10.3. The number of hydrogen-bond acceptors (Lipinski definition) is 1. The SMILES string of the molecule is [N-]=[N+]=NCCC=Cc1ccccc1CCl. The van der Waals surface area contributed by atoms with Crippen LogP contribution in [0.2, 0.25) is 0 Å². The molecular formula is C11H12ClN3. The van der Waals surface area contributed by atoms with Gasteiger partial charge in [-0.25, -0.2) is 0 Å². The molecule has 0 bridgehead atoms. The van der Waals surface area contributed by atoms with Crippen LogP contribution < -0.4 is 0 Å². The van der Waals surface area contributed by atoms with E-state index in [0.717, 1.165) is 17.5 Å². The van der Waals surface area contributed by atoms with Gasteiger partial charge in [-0.3, -0.25) is 0 Å². The molecule has 3 nitrogen and oxygen atoms in total. The van der Waals surface area contributed by atoms with Crippen molar-refractivity contribution in [2.75, 3.05) is 6.54 Å². The molecule has 0 N–H and O–H groups in total. The molecule has 4 heteroatoms. The molecule has 1 aromatic rings. The largest absolute Gasteiger partial charge is 0.122 e. The number of azide groups is 1. The molecule has 0 fully saturated rings. The third-order valence-electron chi connectivity index (χ3n) is 1.96. The van der Waals surface area contributed by atoms with Crippen molar-refractivity contribution in [2.45, 2.75) is 12.3 Å². The number of hydrogen-bond donors (Lipinski definition) is 0. The van der Waals surface area contributed by atoms with Crippen molar-refractivity contribution in [1.82, 2.24) is 0 Å². The number of halogens is 1. The molecule has 0 aromatic heterocycles. The van der Waals surface area contributed by atoms with Crippen LogP contribution in [0.3, 0.4) is 0 Å². The van der Waals surface area contributed by atoms with Crippen molar-refractivity contribution in [1.29, 1.82) is 0 Å². The molecule has 0 saturated heterocycles. The highest BCUT2D eigenvalue weighted by molar-refractivity contribution is 6.17. The minimum Gasteiger partial charge on any atom is -0.122 e. The smallest absolute Gasteiger partial charge is 0.0479 e. The Bertz CT molecular complexity index is 381. The predicted octanol–water partition coefficient (Wildman–Crippen LogP) is 4.14. The van der Waals surface area contributed by atoms with Crippen LogP contribution >= 0.6 is 11.6 Å². The molecule has 0 atom stereocenters. The highest BCUT2D eigenvalue weighted by Crippen LogP contribution is 2.13. The van der Waals surface area contributed by atoms with E-state index in [-0.39, 0.29) is 0 Å². The van der Waals surface area contributed by atoms with Crippen LogP contribution in [0.15, 0.2) is 35.5 Å². The van der Waals surface area contributed by atoms with Gasteiger partial charge in [-0.15, -0.1) is 11.6 Å². The standard InChI is InChI=1S/C11H12ClN3/c12-9-11-7-2-1-5-10(11)6-3-4-8-14-15-13/h1-3,5-7H,4,8-9H2. The third kappa shape index (κ3) is 4.07. The van der Waals surface area contributed by atoms with Gasteiger partial charge in [-0.05, 0) is 23.1 Å². The maximum atomic E-state index is 8.08. The number of nitrogens with zero attached hydrogens (tertiary/aromatic N) is 3. The van der Waals surface area contributed by atoms with Crippen LogP contribution in [-0.2, 0) is 5.88 Å². The van der Waals surface area contributed by atoms with Gasteiger partial charge in [-0.2, -0.15) is 0 Å². The Balaban J connectivity index is 2.59. The van der Waals surface area contributed by atoms with Crippen molar-refractivity contribution >= 4 is 17.7 Å². The summed E-state index contributed by atoms with van der Waals surface area (Å²) in [7, 11) is 0. The highest BCUT2D eigenvalue weighted by atomic mass is 35.5. The number of rotatable bonds is 5. The molecule has 0 aliphatic carbocycles. The fourth-order valence-electron chi connectivity index (χ4n) is 1.21. The fraction of sp³-hybridized carbons (Fsp3) is 0.273. The Labute approximate surface area is 94.0 Å². The summed E-state index contributed by atoms with van der Waals surface area (Å²) in [6, 6.07) is 7.96. The van der Waals surface area contributed by atoms with E-state index < -0.39 is 0 Å². The zero-order chi connectivity index (χ0) is 10.9. The molecule has 1 aromatic carbocycles. The first-order valence-electron chi connectivity index (χ1n) is 4.69. The molecule has 0 amide bonds. The van der Waals surface area contributed by atoms with Gasteiger partial charge in [0.2, 0.25) is 0 Å². The first kappa shape index (κ1) is 11.6. The van der Waals surface area contributed by atoms with Crippen molar-refractivity contribution in [3.63, 3.8) is 0 Å². The van der Waals surface area contributed by atoms with Crippen molar-refractivity contribution < 1.29 is 0 Å². The minimum absolute atomic E-state index is 0.496. The van der Waals surface area contributed by atoms with Crippen LogP contribution in [0.25, 0.3) is 16.5 Å². The zero-order valence-electron chi connectivity index (χ0n) is 8.31. The van der Waals surface area contributed by atoms with Gasteiger partial charge < -0.3 is 0 Å². The lowest BCUT2D eigenvalue weighted by atomic mass is 10.1. The molecule has 0 spiro atoms. The van der Waals surface area contributed by atoms with Gasteiger partial charge in [0.25, 0.3) is 0 Å². The summed E-state index contributed by atoms with van der Waals surface area (Å²) < 4.78 is 0. The number of benzene rings is 1. The maximum Gasteiger partial charge on any atom is 0.0479 e. The quantitative estimate of drug-likeness (QED) is 0.236. The Hall–Kier alpha value is -1.44. The van der Waals surface area contributed by atoms with Gasteiger partial charge >= 0.3 is 0 Å². The summed E-state index contributed by atoms with van der Waals surface area (Å²) in [4.78, 5) is 2.68. The second-order valence-corrected chi connectivity index (χ2v) is 3.25. The highest BCUT2D eigenvalue weighted by Gasteiger charge is 1.94. The topological polar surface area (TPSA) is 48.8 Å². The third-order valence-corrected chi connectivity index (χ3v) is 2.24. The lowest BCUT2D eigenvalue weighted by molar-refractivity contribution is 0.995. The molecule has 1 rings (SSSR count). The average molecular weight is 222 g/mol. The fourth-order valence-corrected chi connectivity index (χ4v) is 1.45. The summed E-state index contributed by atoms with van der Waals surface area (Å²) in [6.07, 6.45) is 4.74. The van der Waals surface area contributed by atoms with Crippen LogP contribution in [0.5, 0.6) is 0 Å². The van der Waals surface area contributed by atoms with Crippen LogP contribution in [0, 0.1) is 0 Å². The van der Waals surface area contributed by atoms with Gasteiger partial charge in [0.15, 0.2) is 0 Å². The lowest BCUT2D eigenvalue weighted by Gasteiger charge is -2.00. The molecule has 15 heavy (non-hydrogen) atoms. The average Bonchev–Trinajstić information content (AvgIpc) is 2.29. The van der Waals surface area contributed by atoms with Crippen molar-refractivity contribution in [3.8, 4) is 0 Å². The first-order valence-corrected chi connectivity index (χ1v) is 5.23. The molecule has 0 aliphatic rings. The van der Waals surface area contributed by atoms with E-state index in [1.165, 1.54) is 0 Å². The Morgan fingerprint density at radius 1 is 1.40 bits per heavy atom. The first-order chi connectivity index (χ1) is 7.38. The molecule has 78 valence electrons. The van der Waals surface area contributed by atoms with E-state index in [4.69, 9.17) is 17.1 Å². The van der Waals surface area contributed by atoms with Crippen molar-refractivity contribution in [2.24, 2.45) is 5.11 Å². The normalized spacial score (nSPS) is 10.2. The van der Waals surface area contributed by atoms with Crippen LogP contribution in [0.1, 0.15) is 17.5 Å². The molecule has 0 aliphatic heterocycles. The van der Waals surface area contributed by atoms with E-state index in [1.54, 1.807) is 0 Å². The summed E-state index contributed by atoms with van der Waals surface area (Å²) in [6.45, 7) is 0.496. The molecule has 0 heterocycles.